The summed E-state index contributed by atoms with van der Waals surface area (Å²) in [6, 6.07) is 4.48. The Labute approximate surface area is 275 Å². The Hall–Kier alpha value is -5.21. The Kier molecular flexibility index (Phi) is 7.33. The Balaban J connectivity index is 1.29. The van der Waals surface area contributed by atoms with Crippen LogP contribution in [0, 0.1) is 11.7 Å². The molecule has 1 saturated heterocycles. The number of benzene rings is 1. The summed E-state index contributed by atoms with van der Waals surface area (Å²) in [7, 11) is 1.53. The molecule has 252 valence electrons. The number of nitrogens with one attached hydrogen (secondary N) is 2. The van der Waals surface area contributed by atoms with E-state index in [1.165, 1.54) is 24.1 Å². The van der Waals surface area contributed by atoms with Crippen LogP contribution in [0.3, 0.4) is 0 Å². The van der Waals surface area contributed by atoms with Crippen molar-refractivity contribution in [2.24, 2.45) is 5.92 Å². The minimum atomic E-state index is -0.748. The highest BCUT2D eigenvalue weighted by molar-refractivity contribution is 6.16. The molecule has 3 unspecified atom stereocenters. The van der Waals surface area contributed by atoms with Crippen molar-refractivity contribution in [3.63, 3.8) is 0 Å². The normalized spacial score (nSPS) is 19.3. The molecule has 48 heavy (non-hydrogen) atoms. The number of amides is 2. The molecule has 2 amide bonds. The number of hydrogen-bond donors (Lipinski definition) is 2. The smallest absolute Gasteiger partial charge is 0.414 e. The van der Waals surface area contributed by atoms with Crippen molar-refractivity contribution in [3.05, 3.63) is 42.6 Å². The second-order valence-electron chi connectivity index (χ2n) is 14.4. The van der Waals surface area contributed by atoms with Crippen molar-refractivity contribution in [2.75, 3.05) is 23.4 Å². The molecule has 1 aliphatic carbocycles. The van der Waals surface area contributed by atoms with E-state index in [4.69, 9.17) is 19.2 Å². The average Bonchev–Trinajstić information content (AvgIpc) is 3.77. The minimum absolute atomic E-state index is 0.0328. The number of fused-ring (bicyclic) bond motifs is 6. The number of ether oxygens (including phenoxy) is 3. The lowest BCUT2D eigenvalue weighted by Gasteiger charge is -2.33. The Morgan fingerprint density at radius 3 is 2.56 bits per heavy atom. The van der Waals surface area contributed by atoms with Gasteiger partial charge in [-0.25, -0.2) is 23.5 Å². The molecule has 1 saturated carbocycles. The molecule has 0 radical (unpaired) electrons. The molecular weight excluding hydrogens is 621 g/mol. The first-order valence-electron chi connectivity index (χ1n) is 15.8. The Morgan fingerprint density at radius 1 is 1.08 bits per heavy atom. The number of piperidine rings is 1. The maximum atomic E-state index is 15.3. The SMILES string of the molecule is CN(C(=O)OC(C)(C)C)c1cc(F)cc2c1[nH]c1nc(Oc3cnc4ccnn4c3)nc(N3CC4CC3CC4NC(=O)OC(C)(C)C)c12. The van der Waals surface area contributed by atoms with Gasteiger partial charge in [-0.1, -0.05) is 0 Å². The van der Waals surface area contributed by atoms with Crippen LogP contribution in [0.5, 0.6) is 11.8 Å². The summed E-state index contributed by atoms with van der Waals surface area (Å²) in [5.74, 6) is 0.519. The second-order valence-corrected chi connectivity index (χ2v) is 14.4. The van der Waals surface area contributed by atoms with E-state index >= 15 is 4.39 Å². The zero-order valence-electron chi connectivity index (χ0n) is 27.9. The third-order valence-corrected chi connectivity index (χ3v) is 8.44. The van der Waals surface area contributed by atoms with E-state index in [1.54, 1.807) is 49.9 Å². The lowest BCUT2D eigenvalue weighted by atomic mass is 10.0. The molecule has 1 aliphatic heterocycles. The van der Waals surface area contributed by atoms with Crippen LogP contribution in [0.1, 0.15) is 54.4 Å². The van der Waals surface area contributed by atoms with Crippen molar-refractivity contribution in [1.29, 1.82) is 0 Å². The largest absolute Gasteiger partial charge is 0.444 e. The highest BCUT2D eigenvalue weighted by Gasteiger charge is 2.47. The number of alkyl carbamates (subject to hydrolysis) is 1. The quantitative estimate of drug-likeness (QED) is 0.232. The topological polar surface area (TPSA) is 152 Å². The van der Waals surface area contributed by atoms with Crippen LogP contribution in [0.4, 0.5) is 25.5 Å². The fourth-order valence-corrected chi connectivity index (χ4v) is 6.55. The van der Waals surface area contributed by atoms with Gasteiger partial charge in [0, 0.05) is 37.1 Å². The number of hydrogen-bond acceptors (Lipinski definition) is 10. The van der Waals surface area contributed by atoms with Crippen LogP contribution in [0.15, 0.2) is 36.8 Å². The van der Waals surface area contributed by atoms with Gasteiger partial charge >= 0.3 is 18.2 Å². The summed E-state index contributed by atoms with van der Waals surface area (Å²) in [6.45, 7) is 11.4. The van der Waals surface area contributed by atoms with Crippen LogP contribution in [-0.4, -0.2) is 78.6 Å². The Bertz CT molecular complexity index is 2060. The molecule has 2 N–H and O–H groups in total. The van der Waals surface area contributed by atoms with Gasteiger partial charge in [0.25, 0.3) is 0 Å². The summed E-state index contributed by atoms with van der Waals surface area (Å²) in [6.07, 6.45) is 5.29. The molecule has 4 aromatic heterocycles. The maximum absolute atomic E-state index is 15.3. The standard InChI is InChI=1S/C33H38FN9O5/c1-32(2,3)47-30(44)37-22-13-19-10-17(22)15-42(19)28-25-21-11-18(34)12-23(41(7)31(45)48-33(4,5)6)26(21)38-27(25)39-29(40-28)46-20-14-35-24-8-9-36-43(24)16-20/h8-9,11-12,14,16-17,19,22H,10,13,15H2,1-7H3,(H,37,44)(H,38,39,40). The summed E-state index contributed by atoms with van der Waals surface area (Å²) >= 11 is 0. The number of rotatable bonds is 5. The van der Waals surface area contributed by atoms with Crippen molar-refractivity contribution in [1.82, 2.24) is 34.9 Å². The molecule has 2 fully saturated rings. The molecule has 14 nitrogen and oxygen atoms in total. The molecule has 5 heterocycles. The number of halogens is 1. The van der Waals surface area contributed by atoms with Gasteiger partial charge in [-0.2, -0.15) is 15.1 Å². The van der Waals surface area contributed by atoms with Crippen molar-refractivity contribution < 1.29 is 28.2 Å². The first-order chi connectivity index (χ1) is 22.6. The number of carbonyl (C=O) groups excluding carboxylic acids is 2. The fourth-order valence-electron chi connectivity index (χ4n) is 6.55. The maximum Gasteiger partial charge on any atom is 0.414 e. The number of aromatic amines is 1. The fraction of sp³-hybridized carbons (Fsp3) is 0.455. The minimum Gasteiger partial charge on any atom is -0.444 e. The predicted molar refractivity (Wildman–Crippen MR) is 176 cm³/mol. The zero-order valence-corrected chi connectivity index (χ0v) is 27.9. The number of H-pyrrole nitrogens is 1. The van der Waals surface area contributed by atoms with Gasteiger partial charge in [0.15, 0.2) is 11.4 Å². The number of carbonyl (C=O) groups is 2. The average molecular weight is 660 g/mol. The van der Waals surface area contributed by atoms with Crippen molar-refractivity contribution in [3.8, 4) is 11.8 Å². The van der Waals surface area contributed by atoms with E-state index in [-0.39, 0.29) is 29.7 Å². The first kappa shape index (κ1) is 31.4. The van der Waals surface area contributed by atoms with Gasteiger partial charge in [0.2, 0.25) is 0 Å². The third kappa shape index (κ3) is 6.00. The van der Waals surface area contributed by atoms with Crippen LogP contribution < -0.4 is 19.9 Å². The molecule has 15 heteroatoms. The zero-order chi connectivity index (χ0) is 34.1. The van der Waals surface area contributed by atoms with Crippen LogP contribution in [-0.2, 0) is 9.47 Å². The lowest BCUT2D eigenvalue weighted by Crippen LogP contribution is -2.47. The van der Waals surface area contributed by atoms with Gasteiger partial charge in [-0.05, 0) is 72.4 Å². The van der Waals surface area contributed by atoms with Crippen molar-refractivity contribution in [2.45, 2.75) is 77.7 Å². The highest BCUT2D eigenvalue weighted by atomic mass is 19.1. The van der Waals surface area contributed by atoms with E-state index in [2.05, 4.69) is 30.3 Å². The first-order valence-corrected chi connectivity index (χ1v) is 15.8. The van der Waals surface area contributed by atoms with Crippen LogP contribution >= 0.6 is 0 Å². The predicted octanol–water partition coefficient (Wildman–Crippen LogP) is 5.95. The molecule has 0 spiro atoms. The number of anilines is 2. The lowest BCUT2D eigenvalue weighted by molar-refractivity contribution is 0.0490. The highest BCUT2D eigenvalue weighted by Crippen LogP contribution is 2.45. The van der Waals surface area contributed by atoms with E-state index in [9.17, 15) is 9.59 Å². The summed E-state index contributed by atoms with van der Waals surface area (Å²) < 4.78 is 34.1. The molecule has 5 aromatic rings. The van der Waals surface area contributed by atoms with Gasteiger partial charge in [-0.15, -0.1) is 0 Å². The van der Waals surface area contributed by atoms with E-state index in [0.29, 0.717) is 52.1 Å². The Morgan fingerprint density at radius 2 is 1.85 bits per heavy atom. The van der Waals surface area contributed by atoms with Gasteiger partial charge in [0.05, 0.1) is 35.2 Å². The van der Waals surface area contributed by atoms with E-state index in [1.807, 2.05) is 20.8 Å². The van der Waals surface area contributed by atoms with Gasteiger partial charge in [0.1, 0.15) is 28.5 Å². The molecule has 2 aliphatic rings. The monoisotopic (exact) mass is 659 g/mol. The molecule has 1 aromatic carbocycles. The summed E-state index contributed by atoms with van der Waals surface area (Å²) in [5.41, 5.74) is 0.469. The molecular formula is C33H38FN9O5. The molecule has 7 rings (SSSR count). The molecule has 3 atom stereocenters. The number of aromatic nitrogens is 6. The van der Waals surface area contributed by atoms with E-state index < -0.39 is 29.2 Å². The summed E-state index contributed by atoms with van der Waals surface area (Å²) in [5, 5.41) is 8.36. The van der Waals surface area contributed by atoms with Crippen LogP contribution in [0.25, 0.3) is 27.6 Å². The third-order valence-electron chi connectivity index (χ3n) is 8.44. The van der Waals surface area contributed by atoms with Crippen LogP contribution in [0.2, 0.25) is 0 Å². The summed E-state index contributed by atoms with van der Waals surface area (Å²) in [4.78, 5) is 46.3. The van der Waals surface area contributed by atoms with Gasteiger partial charge < -0.3 is 29.4 Å². The van der Waals surface area contributed by atoms with Crippen molar-refractivity contribution >= 4 is 51.3 Å². The van der Waals surface area contributed by atoms with E-state index in [0.717, 1.165) is 6.42 Å². The van der Waals surface area contributed by atoms with Gasteiger partial charge in [-0.3, -0.25) is 4.90 Å². The molecule has 2 bridgehead atoms. The second kappa shape index (κ2) is 11.2. The number of nitrogens with zero attached hydrogens (tertiary/aromatic N) is 7.